The van der Waals surface area contributed by atoms with Gasteiger partial charge in [-0.25, -0.2) is 0 Å². The highest BCUT2D eigenvalue weighted by Gasteiger charge is 2.11. The van der Waals surface area contributed by atoms with E-state index in [1.165, 1.54) is 7.05 Å². The van der Waals surface area contributed by atoms with Crippen molar-refractivity contribution in [2.24, 2.45) is 0 Å². The SMILES string of the molecule is CNC(=O)c1c(Cl)cccc1Cl. The lowest BCUT2D eigenvalue weighted by molar-refractivity contribution is 0.0963. The minimum atomic E-state index is -0.273. The Balaban J connectivity index is 3.21. The van der Waals surface area contributed by atoms with Gasteiger partial charge in [0.2, 0.25) is 0 Å². The number of carbonyl (C=O) groups excluding carboxylic acids is 1. The average Bonchev–Trinajstić information content (AvgIpc) is 2.03. The normalized spacial score (nSPS) is 9.58. The maximum absolute atomic E-state index is 11.2. The molecule has 1 amide bonds. The van der Waals surface area contributed by atoms with E-state index < -0.39 is 0 Å². The predicted octanol–water partition coefficient (Wildman–Crippen LogP) is 2.35. The second kappa shape index (κ2) is 3.78. The van der Waals surface area contributed by atoms with E-state index in [2.05, 4.69) is 5.32 Å². The lowest BCUT2D eigenvalue weighted by Crippen LogP contribution is -2.18. The van der Waals surface area contributed by atoms with Crippen LogP contribution in [0.25, 0.3) is 0 Å². The summed E-state index contributed by atoms with van der Waals surface area (Å²) in [6.07, 6.45) is 0. The number of hydrogen-bond donors (Lipinski definition) is 1. The zero-order valence-electron chi connectivity index (χ0n) is 6.40. The summed E-state index contributed by atoms with van der Waals surface area (Å²) in [7, 11) is 1.53. The molecule has 0 aliphatic rings. The van der Waals surface area contributed by atoms with E-state index in [1.807, 2.05) is 0 Å². The molecule has 0 bridgehead atoms. The second-order valence-electron chi connectivity index (χ2n) is 2.18. The van der Waals surface area contributed by atoms with Crippen molar-refractivity contribution in [3.8, 4) is 0 Å². The monoisotopic (exact) mass is 203 g/mol. The van der Waals surface area contributed by atoms with Gasteiger partial charge in [0.25, 0.3) is 5.91 Å². The quantitative estimate of drug-likeness (QED) is 0.747. The summed E-state index contributed by atoms with van der Waals surface area (Å²) in [6.45, 7) is 0. The zero-order valence-corrected chi connectivity index (χ0v) is 7.91. The van der Waals surface area contributed by atoms with Crippen LogP contribution in [0.5, 0.6) is 0 Å². The molecule has 12 heavy (non-hydrogen) atoms. The summed E-state index contributed by atoms with van der Waals surface area (Å²) in [6, 6.07) is 4.94. The topological polar surface area (TPSA) is 29.1 Å². The Morgan fingerprint density at radius 2 is 1.83 bits per heavy atom. The van der Waals surface area contributed by atoms with Gasteiger partial charge in [-0.3, -0.25) is 4.79 Å². The highest BCUT2D eigenvalue weighted by atomic mass is 35.5. The van der Waals surface area contributed by atoms with Crippen molar-refractivity contribution < 1.29 is 4.79 Å². The van der Waals surface area contributed by atoms with Crippen molar-refractivity contribution in [1.82, 2.24) is 5.32 Å². The van der Waals surface area contributed by atoms with Gasteiger partial charge in [-0.15, -0.1) is 0 Å². The smallest absolute Gasteiger partial charge is 0.254 e. The first-order valence-corrected chi connectivity index (χ1v) is 4.08. The molecule has 64 valence electrons. The molecule has 0 saturated heterocycles. The van der Waals surface area contributed by atoms with Crippen molar-refractivity contribution in [1.29, 1.82) is 0 Å². The van der Waals surface area contributed by atoms with Crippen LogP contribution in [-0.2, 0) is 0 Å². The molecule has 1 aromatic carbocycles. The van der Waals surface area contributed by atoms with Gasteiger partial charge in [-0.05, 0) is 12.1 Å². The summed E-state index contributed by atoms with van der Waals surface area (Å²) in [5.41, 5.74) is 0.323. The summed E-state index contributed by atoms with van der Waals surface area (Å²) in [5, 5.41) is 3.18. The molecule has 0 fully saturated rings. The number of hydrogen-bond acceptors (Lipinski definition) is 1. The van der Waals surface area contributed by atoms with Gasteiger partial charge in [-0.2, -0.15) is 0 Å². The van der Waals surface area contributed by atoms with Crippen LogP contribution in [0.3, 0.4) is 0 Å². The van der Waals surface area contributed by atoms with Gasteiger partial charge in [-0.1, -0.05) is 29.3 Å². The number of amides is 1. The van der Waals surface area contributed by atoms with Crippen molar-refractivity contribution >= 4 is 29.1 Å². The van der Waals surface area contributed by atoms with E-state index in [1.54, 1.807) is 18.2 Å². The molecular formula is C8H7Cl2NO. The fourth-order valence-electron chi connectivity index (χ4n) is 0.840. The van der Waals surface area contributed by atoms with Gasteiger partial charge in [0.15, 0.2) is 0 Å². The molecule has 1 rings (SSSR count). The molecule has 1 N–H and O–H groups in total. The molecule has 0 aromatic heterocycles. The second-order valence-corrected chi connectivity index (χ2v) is 2.99. The predicted molar refractivity (Wildman–Crippen MR) is 49.9 cm³/mol. The van der Waals surface area contributed by atoms with Crippen LogP contribution < -0.4 is 5.32 Å². The van der Waals surface area contributed by atoms with Crippen molar-refractivity contribution in [3.05, 3.63) is 33.8 Å². The van der Waals surface area contributed by atoms with E-state index in [-0.39, 0.29) is 5.91 Å². The zero-order chi connectivity index (χ0) is 9.14. The Labute approximate surface area is 80.5 Å². The number of benzene rings is 1. The molecule has 4 heteroatoms. The summed E-state index contributed by atoms with van der Waals surface area (Å²) in [4.78, 5) is 11.2. The summed E-state index contributed by atoms with van der Waals surface area (Å²) >= 11 is 11.5. The van der Waals surface area contributed by atoms with Crippen LogP contribution in [0, 0.1) is 0 Å². The summed E-state index contributed by atoms with van der Waals surface area (Å²) < 4.78 is 0. The van der Waals surface area contributed by atoms with Crippen LogP contribution in [0.4, 0.5) is 0 Å². The van der Waals surface area contributed by atoms with Crippen molar-refractivity contribution in [2.45, 2.75) is 0 Å². The Hall–Kier alpha value is -0.730. The van der Waals surface area contributed by atoms with E-state index in [0.29, 0.717) is 15.6 Å². The molecule has 0 heterocycles. The van der Waals surface area contributed by atoms with Crippen LogP contribution >= 0.6 is 23.2 Å². The first-order chi connectivity index (χ1) is 5.66. The van der Waals surface area contributed by atoms with Gasteiger partial charge < -0.3 is 5.32 Å². The molecule has 0 radical (unpaired) electrons. The van der Waals surface area contributed by atoms with Gasteiger partial charge in [0.1, 0.15) is 0 Å². The molecule has 0 atom stereocenters. The Morgan fingerprint density at radius 3 is 2.25 bits per heavy atom. The molecule has 0 saturated carbocycles. The van der Waals surface area contributed by atoms with Gasteiger partial charge in [0.05, 0.1) is 15.6 Å². The lowest BCUT2D eigenvalue weighted by Gasteiger charge is -2.03. The maximum Gasteiger partial charge on any atom is 0.254 e. The first kappa shape index (κ1) is 9.36. The van der Waals surface area contributed by atoms with Gasteiger partial charge >= 0.3 is 0 Å². The largest absolute Gasteiger partial charge is 0.355 e. The van der Waals surface area contributed by atoms with Crippen LogP contribution in [-0.4, -0.2) is 13.0 Å². The summed E-state index contributed by atoms with van der Waals surface area (Å²) in [5.74, 6) is -0.273. The first-order valence-electron chi connectivity index (χ1n) is 3.33. The van der Waals surface area contributed by atoms with Gasteiger partial charge in [0, 0.05) is 7.05 Å². The minimum Gasteiger partial charge on any atom is -0.355 e. The average molecular weight is 204 g/mol. The lowest BCUT2D eigenvalue weighted by atomic mass is 10.2. The molecule has 0 aliphatic carbocycles. The molecule has 1 aromatic rings. The number of halogens is 2. The third kappa shape index (κ3) is 1.71. The molecule has 2 nitrogen and oxygen atoms in total. The Bertz CT molecular complexity index is 292. The molecular weight excluding hydrogens is 197 g/mol. The van der Waals surface area contributed by atoms with Crippen LogP contribution in [0.15, 0.2) is 18.2 Å². The number of carbonyl (C=O) groups is 1. The highest BCUT2D eigenvalue weighted by Crippen LogP contribution is 2.23. The van der Waals surface area contributed by atoms with E-state index in [4.69, 9.17) is 23.2 Å². The third-order valence-electron chi connectivity index (χ3n) is 1.42. The van der Waals surface area contributed by atoms with E-state index >= 15 is 0 Å². The fourth-order valence-corrected chi connectivity index (χ4v) is 1.41. The number of nitrogens with one attached hydrogen (secondary N) is 1. The molecule has 0 unspecified atom stereocenters. The fraction of sp³-hybridized carbons (Fsp3) is 0.125. The Kier molecular flexibility index (Phi) is 2.95. The maximum atomic E-state index is 11.2. The highest BCUT2D eigenvalue weighted by molar-refractivity contribution is 6.39. The van der Waals surface area contributed by atoms with E-state index in [9.17, 15) is 4.79 Å². The van der Waals surface area contributed by atoms with Crippen LogP contribution in [0.2, 0.25) is 10.0 Å². The van der Waals surface area contributed by atoms with Crippen molar-refractivity contribution in [2.75, 3.05) is 7.05 Å². The Morgan fingerprint density at radius 1 is 1.33 bits per heavy atom. The van der Waals surface area contributed by atoms with Crippen LogP contribution in [0.1, 0.15) is 10.4 Å². The third-order valence-corrected chi connectivity index (χ3v) is 2.05. The standard InChI is InChI=1S/C8H7Cl2NO/c1-11-8(12)7-5(9)3-2-4-6(7)10/h2-4H,1H3,(H,11,12). The molecule has 0 aliphatic heterocycles. The van der Waals surface area contributed by atoms with E-state index in [0.717, 1.165) is 0 Å². The number of rotatable bonds is 1. The van der Waals surface area contributed by atoms with Crippen molar-refractivity contribution in [3.63, 3.8) is 0 Å². The minimum absolute atomic E-state index is 0.273. The molecule has 0 spiro atoms.